The summed E-state index contributed by atoms with van der Waals surface area (Å²) < 4.78 is 30.4. The Kier molecular flexibility index (Phi) is 5.74. The lowest BCUT2D eigenvalue weighted by molar-refractivity contribution is -0.148. The molecule has 0 amide bonds. The van der Waals surface area contributed by atoms with Crippen molar-refractivity contribution in [2.45, 2.75) is 36.6 Å². The molecule has 1 aromatic carbocycles. The van der Waals surface area contributed by atoms with Crippen molar-refractivity contribution >= 4 is 21.6 Å². The molecule has 7 nitrogen and oxygen atoms in total. The van der Waals surface area contributed by atoms with E-state index in [0.29, 0.717) is 38.4 Å². The zero-order valence-electron chi connectivity index (χ0n) is 15.5. The Morgan fingerprint density at radius 3 is 2.33 bits per heavy atom. The van der Waals surface area contributed by atoms with E-state index in [9.17, 15) is 13.2 Å². The van der Waals surface area contributed by atoms with Gasteiger partial charge in [-0.3, -0.25) is 4.79 Å². The lowest BCUT2D eigenvalue weighted by Gasteiger charge is -2.31. The van der Waals surface area contributed by atoms with Crippen molar-refractivity contribution in [3.63, 3.8) is 0 Å². The fourth-order valence-corrected chi connectivity index (χ4v) is 4.20. The van der Waals surface area contributed by atoms with Gasteiger partial charge in [-0.15, -0.1) is 10.2 Å². The molecular weight excluding hydrogens is 366 g/mol. The van der Waals surface area contributed by atoms with Gasteiger partial charge in [-0.05, 0) is 51.0 Å². The first-order valence-corrected chi connectivity index (χ1v) is 10.5. The summed E-state index contributed by atoms with van der Waals surface area (Å²) in [6.45, 7) is 5.40. The Bertz CT molecular complexity index is 888. The number of nitrogens with zero attached hydrogens (tertiary/aromatic N) is 3. The predicted molar refractivity (Wildman–Crippen MR) is 100 cm³/mol. The largest absolute Gasteiger partial charge is 0.466 e. The summed E-state index contributed by atoms with van der Waals surface area (Å²) in [5.41, 5.74) is 0.988. The summed E-state index contributed by atoms with van der Waals surface area (Å²) in [5.74, 6) is 0.373. The molecule has 0 spiro atoms. The summed E-state index contributed by atoms with van der Waals surface area (Å²) in [6.07, 6.45) is 1.37. The van der Waals surface area contributed by atoms with E-state index in [4.69, 9.17) is 4.74 Å². The highest BCUT2D eigenvalue weighted by atomic mass is 32.2. The van der Waals surface area contributed by atoms with Crippen LogP contribution in [-0.2, 0) is 19.4 Å². The van der Waals surface area contributed by atoms with Crippen LogP contribution in [0, 0.1) is 12.8 Å². The minimum atomic E-state index is -3.68. The molecule has 0 atom stereocenters. The van der Waals surface area contributed by atoms with Crippen molar-refractivity contribution < 1.29 is 17.9 Å². The van der Waals surface area contributed by atoms with Crippen LogP contribution in [0.3, 0.4) is 0 Å². The van der Waals surface area contributed by atoms with Crippen molar-refractivity contribution in [1.82, 2.24) is 10.2 Å². The number of benzene rings is 1. The first-order valence-electron chi connectivity index (χ1n) is 8.99. The lowest BCUT2D eigenvalue weighted by Crippen LogP contribution is -2.37. The van der Waals surface area contributed by atoms with Crippen LogP contribution in [0.25, 0.3) is 0 Å². The molecule has 2 aromatic rings. The van der Waals surface area contributed by atoms with Crippen molar-refractivity contribution in [2.75, 3.05) is 24.6 Å². The maximum Gasteiger partial charge on any atom is 0.309 e. The third kappa shape index (κ3) is 4.27. The summed E-state index contributed by atoms with van der Waals surface area (Å²) in [5, 5.41) is 7.96. The first-order chi connectivity index (χ1) is 12.9. The average Bonchev–Trinajstić information content (AvgIpc) is 2.69. The van der Waals surface area contributed by atoms with Gasteiger partial charge >= 0.3 is 5.97 Å². The Morgan fingerprint density at radius 2 is 1.78 bits per heavy atom. The smallest absolute Gasteiger partial charge is 0.309 e. The SMILES string of the molecule is CCOC(=O)C1CCN(c2ccc(S(=O)(=O)c3ccc(C)cc3)nn2)CC1. The molecule has 1 aliphatic heterocycles. The number of sulfone groups is 1. The van der Waals surface area contributed by atoms with Gasteiger partial charge in [0, 0.05) is 13.1 Å². The number of ether oxygens (including phenoxy) is 1. The van der Waals surface area contributed by atoms with E-state index in [2.05, 4.69) is 10.2 Å². The molecular formula is C19H23N3O4S. The summed E-state index contributed by atoms with van der Waals surface area (Å²) >= 11 is 0. The van der Waals surface area contributed by atoms with Gasteiger partial charge in [-0.25, -0.2) is 8.42 Å². The number of hydrogen-bond donors (Lipinski definition) is 0. The second kappa shape index (κ2) is 8.04. The van der Waals surface area contributed by atoms with Crippen molar-refractivity contribution in [1.29, 1.82) is 0 Å². The van der Waals surface area contributed by atoms with Crippen molar-refractivity contribution in [3.8, 4) is 0 Å². The number of aryl methyl sites for hydroxylation is 1. The molecule has 2 heterocycles. The lowest BCUT2D eigenvalue weighted by atomic mass is 9.97. The normalized spacial score (nSPS) is 15.6. The zero-order valence-corrected chi connectivity index (χ0v) is 16.3. The third-order valence-electron chi connectivity index (χ3n) is 4.67. The molecule has 1 saturated heterocycles. The number of esters is 1. The molecule has 1 fully saturated rings. The molecule has 144 valence electrons. The quantitative estimate of drug-likeness (QED) is 0.725. The number of piperidine rings is 1. The molecule has 0 aliphatic carbocycles. The van der Waals surface area contributed by atoms with Crippen LogP contribution in [0.2, 0.25) is 0 Å². The van der Waals surface area contributed by atoms with Gasteiger partial charge in [-0.2, -0.15) is 0 Å². The monoisotopic (exact) mass is 389 g/mol. The minimum absolute atomic E-state index is 0.0727. The number of aromatic nitrogens is 2. The van der Waals surface area contributed by atoms with E-state index < -0.39 is 9.84 Å². The van der Waals surface area contributed by atoms with E-state index in [0.717, 1.165) is 5.56 Å². The molecule has 1 aromatic heterocycles. The average molecular weight is 389 g/mol. The Hall–Kier alpha value is -2.48. The molecule has 0 radical (unpaired) electrons. The van der Waals surface area contributed by atoms with E-state index in [-0.39, 0.29) is 21.8 Å². The van der Waals surface area contributed by atoms with Crippen LogP contribution in [0.1, 0.15) is 25.3 Å². The van der Waals surface area contributed by atoms with Gasteiger partial charge < -0.3 is 9.64 Å². The number of hydrogen-bond acceptors (Lipinski definition) is 7. The van der Waals surface area contributed by atoms with Crippen LogP contribution in [-0.4, -0.2) is 44.3 Å². The molecule has 0 bridgehead atoms. The highest BCUT2D eigenvalue weighted by Gasteiger charge is 2.27. The highest BCUT2D eigenvalue weighted by molar-refractivity contribution is 7.91. The standard InChI is InChI=1S/C19H23N3O4S/c1-3-26-19(23)15-10-12-22(13-11-15)17-8-9-18(21-20-17)27(24,25)16-6-4-14(2)5-7-16/h4-9,15H,3,10-13H2,1-2H3. The van der Waals surface area contributed by atoms with Gasteiger partial charge in [0.05, 0.1) is 17.4 Å². The van der Waals surface area contributed by atoms with Crippen LogP contribution < -0.4 is 4.90 Å². The number of carbonyl (C=O) groups is 1. The van der Waals surface area contributed by atoms with Crippen molar-refractivity contribution in [3.05, 3.63) is 42.0 Å². The maximum atomic E-state index is 12.6. The van der Waals surface area contributed by atoms with Gasteiger partial charge in [0.15, 0.2) is 10.8 Å². The fourth-order valence-electron chi connectivity index (χ4n) is 3.07. The molecule has 1 aliphatic rings. The second-order valence-electron chi connectivity index (χ2n) is 6.56. The van der Waals surface area contributed by atoms with Gasteiger partial charge in [0.2, 0.25) is 9.84 Å². The van der Waals surface area contributed by atoms with Crippen LogP contribution in [0.4, 0.5) is 5.82 Å². The van der Waals surface area contributed by atoms with E-state index >= 15 is 0 Å². The molecule has 0 saturated carbocycles. The van der Waals surface area contributed by atoms with Crippen LogP contribution in [0.15, 0.2) is 46.3 Å². The zero-order chi connectivity index (χ0) is 19.4. The summed E-state index contributed by atoms with van der Waals surface area (Å²) in [6, 6.07) is 9.79. The minimum Gasteiger partial charge on any atom is -0.466 e. The van der Waals surface area contributed by atoms with Crippen LogP contribution >= 0.6 is 0 Å². The topological polar surface area (TPSA) is 89.5 Å². The Labute approximate surface area is 159 Å². The predicted octanol–water partition coefficient (Wildman–Crippen LogP) is 2.40. The molecule has 8 heteroatoms. The Morgan fingerprint density at radius 1 is 1.11 bits per heavy atom. The highest BCUT2D eigenvalue weighted by Crippen LogP contribution is 2.24. The van der Waals surface area contributed by atoms with E-state index in [1.54, 1.807) is 37.3 Å². The van der Waals surface area contributed by atoms with Crippen LogP contribution in [0.5, 0.6) is 0 Å². The molecule has 3 rings (SSSR count). The summed E-state index contributed by atoms with van der Waals surface area (Å²) in [7, 11) is -3.68. The first kappa shape index (κ1) is 19.3. The Balaban J connectivity index is 1.69. The van der Waals surface area contributed by atoms with Gasteiger partial charge in [0.1, 0.15) is 0 Å². The third-order valence-corrected chi connectivity index (χ3v) is 6.33. The number of rotatable bonds is 5. The van der Waals surface area contributed by atoms with Gasteiger partial charge in [-0.1, -0.05) is 17.7 Å². The van der Waals surface area contributed by atoms with Gasteiger partial charge in [0.25, 0.3) is 0 Å². The number of anilines is 1. The fraction of sp³-hybridized carbons (Fsp3) is 0.421. The van der Waals surface area contributed by atoms with E-state index in [1.165, 1.54) is 6.07 Å². The summed E-state index contributed by atoms with van der Waals surface area (Å²) in [4.78, 5) is 14.0. The second-order valence-corrected chi connectivity index (χ2v) is 8.46. The maximum absolute atomic E-state index is 12.6. The molecule has 0 N–H and O–H groups in total. The molecule has 0 unspecified atom stereocenters. The number of carbonyl (C=O) groups excluding carboxylic acids is 1. The molecule has 27 heavy (non-hydrogen) atoms. The van der Waals surface area contributed by atoms with Crippen molar-refractivity contribution in [2.24, 2.45) is 5.92 Å². The van der Waals surface area contributed by atoms with E-state index in [1.807, 2.05) is 11.8 Å².